The number of carboxylic acid groups (broad SMARTS) is 1. The second kappa shape index (κ2) is 8.03. The summed E-state index contributed by atoms with van der Waals surface area (Å²) in [6.07, 6.45) is 1.85. The Hall–Kier alpha value is -1.83. The van der Waals surface area contributed by atoms with Gasteiger partial charge >= 0.3 is 6.09 Å². The molecule has 2 aliphatic rings. The molecule has 1 heterocycles. The van der Waals surface area contributed by atoms with E-state index < -0.39 is 12.1 Å². The van der Waals surface area contributed by atoms with Crippen LogP contribution in [0.1, 0.15) is 46.5 Å². The fraction of sp³-hybridized carbons (Fsp3) is 0.824. The monoisotopic (exact) mass is 354 g/mol. The minimum Gasteiger partial charge on any atom is -0.465 e. The zero-order valence-electron chi connectivity index (χ0n) is 15.5. The number of likely N-dealkylation sites (tertiary alicyclic amines) is 1. The second-order valence-electron chi connectivity index (χ2n) is 7.42. The van der Waals surface area contributed by atoms with Gasteiger partial charge in [-0.05, 0) is 46.6 Å². The maximum Gasteiger partial charge on any atom is 0.405 e. The van der Waals surface area contributed by atoms with Crippen LogP contribution in [0.25, 0.3) is 0 Å². The van der Waals surface area contributed by atoms with E-state index in [1.54, 1.807) is 4.90 Å². The highest BCUT2D eigenvalue weighted by atomic mass is 16.4. The molecule has 2 fully saturated rings. The summed E-state index contributed by atoms with van der Waals surface area (Å²) in [6.45, 7) is 6.31. The van der Waals surface area contributed by atoms with Crippen molar-refractivity contribution in [3.63, 3.8) is 0 Å². The van der Waals surface area contributed by atoms with Crippen LogP contribution in [0.2, 0.25) is 0 Å². The summed E-state index contributed by atoms with van der Waals surface area (Å²) in [7, 11) is 2.09. The first-order valence-corrected chi connectivity index (χ1v) is 8.99. The third kappa shape index (κ3) is 4.62. The number of rotatable bonds is 5. The molecule has 1 aliphatic heterocycles. The lowest BCUT2D eigenvalue weighted by Crippen LogP contribution is -2.58. The van der Waals surface area contributed by atoms with E-state index in [9.17, 15) is 14.4 Å². The average molecular weight is 354 g/mol. The minimum absolute atomic E-state index is 0.0752. The van der Waals surface area contributed by atoms with E-state index in [2.05, 4.69) is 36.4 Å². The molecule has 3 unspecified atom stereocenters. The molecular weight excluding hydrogens is 324 g/mol. The molecule has 8 heteroatoms. The third-order valence-electron chi connectivity index (χ3n) is 5.50. The molecule has 0 aromatic heterocycles. The van der Waals surface area contributed by atoms with Crippen LogP contribution < -0.4 is 10.6 Å². The number of carbonyl (C=O) groups excluding carboxylic acids is 2. The van der Waals surface area contributed by atoms with Gasteiger partial charge in [0.25, 0.3) is 0 Å². The van der Waals surface area contributed by atoms with Crippen molar-refractivity contribution >= 4 is 17.9 Å². The summed E-state index contributed by atoms with van der Waals surface area (Å²) in [4.78, 5) is 39.1. The van der Waals surface area contributed by atoms with Crippen LogP contribution in [0.4, 0.5) is 4.79 Å². The van der Waals surface area contributed by atoms with E-state index in [0.29, 0.717) is 25.0 Å². The van der Waals surface area contributed by atoms with Crippen LogP contribution in [-0.2, 0) is 9.59 Å². The topological polar surface area (TPSA) is 102 Å². The zero-order valence-corrected chi connectivity index (χ0v) is 15.5. The van der Waals surface area contributed by atoms with Gasteiger partial charge in [0.2, 0.25) is 11.8 Å². The van der Waals surface area contributed by atoms with E-state index in [1.165, 1.54) is 6.92 Å². The molecule has 25 heavy (non-hydrogen) atoms. The van der Waals surface area contributed by atoms with Crippen molar-refractivity contribution in [2.75, 3.05) is 13.6 Å². The van der Waals surface area contributed by atoms with Gasteiger partial charge in [-0.2, -0.15) is 0 Å². The summed E-state index contributed by atoms with van der Waals surface area (Å²) in [5.41, 5.74) is 0. The zero-order chi connectivity index (χ0) is 18.7. The summed E-state index contributed by atoms with van der Waals surface area (Å²) in [6, 6.07) is -0.0823. The standard InChI is InChI=1S/C17H30N4O4/c1-10(2)20(4)12-5-6-15(14(9-12)18-11(3)22)21-8-7-13(16(21)23)19-17(24)25/h10,12-15,19H,5-9H2,1-4H3,(H,18,22)(H,24,25)/t12-,13?,14?,15?/m1/s1. The SMILES string of the molecule is CC(=O)NC1C[C@H](N(C)C(C)C)CCC1N1CCC(NC(=O)O)C1=O. The Balaban J connectivity index is 2.09. The van der Waals surface area contributed by atoms with Crippen molar-refractivity contribution in [1.29, 1.82) is 0 Å². The average Bonchev–Trinajstić information content (AvgIpc) is 2.86. The number of amides is 3. The lowest BCUT2D eigenvalue weighted by atomic mass is 9.84. The Labute approximate surface area is 148 Å². The normalized spacial score (nSPS) is 30.0. The van der Waals surface area contributed by atoms with Crippen molar-refractivity contribution in [3.8, 4) is 0 Å². The quantitative estimate of drug-likeness (QED) is 0.672. The fourth-order valence-electron chi connectivity index (χ4n) is 4.03. The molecular formula is C17H30N4O4. The van der Waals surface area contributed by atoms with Gasteiger partial charge in [-0.1, -0.05) is 0 Å². The van der Waals surface area contributed by atoms with Crippen LogP contribution in [0.15, 0.2) is 0 Å². The van der Waals surface area contributed by atoms with Crippen molar-refractivity contribution in [2.45, 2.75) is 76.7 Å². The first kappa shape index (κ1) is 19.5. The van der Waals surface area contributed by atoms with Crippen LogP contribution >= 0.6 is 0 Å². The Bertz CT molecular complexity index is 525. The molecule has 142 valence electrons. The van der Waals surface area contributed by atoms with E-state index >= 15 is 0 Å². The molecule has 8 nitrogen and oxygen atoms in total. The van der Waals surface area contributed by atoms with Gasteiger partial charge in [-0.3, -0.25) is 9.59 Å². The van der Waals surface area contributed by atoms with E-state index in [1.807, 2.05) is 0 Å². The first-order valence-electron chi connectivity index (χ1n) is 8.99. The fourth-order valence-corrected chi connectivity index (χ4v) is 4.03. The Morgan fingerprint density at radius 2 is 1.92 bits per heavy atom. The molecule has 0 radical (unpaired) electrons. The van der Waals surface area contributed by atoms with E-state index in [4.69, 9.17) is 5.11 Å². The summed E-state index contributed by atoms with van der Waals surface area (Å²) < 4.78 is 0. The van der Waals surface area contributed by atoms with Gasteiger partial charge in [0.15, 0.2) is 0 Å². The molecule has 0 spiro atoms. The molecule has 4 atom stereocenters. The van der Waals surface area contributed by atoms with Gasteiger partial charge in [0.05, 0.1) is 12.1 Å². The molecule has 3 amide bonds. The molecule has 1 aliphatic carbocycles. The molecule has 0 aromatic carbocycles. The Morgan fingerprint density at radius 1 is 1.24 bits per heavy atom. The minimum atomic E-state index is -1.18. The van der Waals surface area contributed by atoms with Gasteiger partial charge < -0.3 is 25.5 Å². The van der Waals surface area contributed by atoms with E-state index in [-0.39, 0.29) is 23.9 Å². The van der Waals surface area contributed by atoms with Crippen LogP contribution in [0, 0.1) is 0 Å². The van der Waals surface area contributed by atoms with Crippen molar-refractivity contribution < 1.29 is 19.5 Å². The number of hydrogen-bond donors (Lipinski definition) is 3. The largest absolute Gasteiger partial charge is 0.465 e. The van der Waals surface area contributed by atoms with Gasteiger partial charge in [-0.15, -0.1) is 0 Å². The van der Waals surface area contributed by atoms with Crippen LogP contribution in [0.5, 0.6) is 0 Å². The smallest absolute Gasteiger partial charge is 0.405 e. The third-order valence-corrected chi connectivity index (χ3v) is 5.50. The molecule has 1 saturated heterocycles. The number of nitrogens with zero attached hydrogens (tertiary/aromatic N) is 2. The second-order valence-corrected chi connectivity index (χ2v) is 7.42. The van der Waals surface area contributed by atoms with Gasteiger partial charge in [-0.25, -0.2) is 4.79 Å². The number of carbonyl (C=O) groups is 3. The number of hydrogen-bond acceptors (Lipinski definition) is 4. The van der Waals surface area contributed by atoms with Crippen molar-refractivity contribution in [3.05, 3.63) is 0 Å². The highest BCUT2D eigenvalue weighted by molar-refractivity contribution is 5.87. The highest BCUT2D eigenvalue weighted by Crippen LogP contribution is 2.30. The van der Waals surface area contributed by atoms with Crippen LogP contribution in [-0.4, -0.2) is 76.6 Å². The van der Waals surface area contributed by atoms with Crippen LogP contribution in [0.3, 0.4) is 0 Å². The molecule has 1 saturated carbocycles. The maximum atomic E-state index is 12.6. The Kier molecular flexibility index (Phi) is 6.26. The Morgan fingerprint density at radius 3 is 2.48 bits per heavy atom. The van der Waals surface area contributed by atoms with Crippen molar-refractivity contribution in [1.82, 2.24) is 20.4 Å². The first-order chi connectivity index (χ1) is 11.7. The summed E-state index contributed by atoms with van der Waals surface area (Å²) in [5.74, 6) is -0.284. The molecule has 0 bridgehead atoms. The van der Waals surface area contributed by atoms with E-state index in [0.717, 1.165) is 19.3 Å². The lowest BCUT2D eigenvalue weighted by Gasteiger charge is -2.44. The lowest BCUT2D eigenvalue weighted by molar-refractivity contribution is -0.134. The molecule has 2 rings (SSSR count). The highest BCUT2D eigenvalue weighted by Gasteiger charge is 2.43. The van der Waals surface area contributed by atoms with Crippen molar-refractivity contribution in [2.24, 2.45) is 0 Å². The van der Waals surface area contributed by atoms with Gasteiger partial charge in [0.1, 0.15) is 6.04 Å². The summed E-state index contributed by atoms with van der Waals surface area (Å²) in [5, 5.41) is 14.2. The van der Waals surface area contributed by atoms with Gasteiger partial charge in [0, 0.05) is 25.6 Å². The number of nitrogens with one attached hydrogen (secondary N) is 2. The predicted molar refractivity (Wildman–Crippen MR) is 93.2 cm³/mol. The summed E-state index contributed by atoms with van der Waals surface area (Å²) >= 11 is 0. The predicted octanol–water partition coefficient (Wildman–Crippen LogP) is 0.621. The molecule has 0 aromatic rings. The maximum absolute atomic E-state index is 12.6. The molecule has 3 N–H and O–H groups in total.